The zero-order valence-electron chi connectivity index (χ0n) is 20.4. The number of aryl methyl sites for hydroxylation is 1. The number of likely N-dealkylation sites (tertiary alicyclic amines) is 1. The molecule has 33 heavy (non-hydrogen) atoms. The maximum atomic E-state index is 10.9. The lowest BCUT2D eigenvalue weighted by Crippen LogP contribution is -2.45. The Morgan fingerprint density at radius 1 is 1.27 bits per heavy atom. The third kappa shape index (κ3) is 7.31. The van der Waals surface area contributed by atoms with Crippen molar-refractivity contribution >= 4 is 29.9 Å². The van der Waals surface area contributed by atoms with Gasteiger partial charge in [0.05, 0.1) is 19.9 Å². The van der Waals surface area contributed by atoms with E-state index in [-0.39, 0.29) is 30.5 Å². The zero-order chi connectivity index (χ0) is 23.1. The van der Waals surface area contributed by atoms with Crippen LogP contribution in [0.4, 0.5) is 0 Å². The summed E-state index contributed by atoms with van der Waals surface area (Å²) in [4.78, 5) is 7.11. The molecule has 0 spiro atoms. The molecule has 0 radical (unpaired) electrons. The molecule has 1 aromatic heterocycles. The number of guanidine groups is 1. The molecule has 0 amide bonds. The lowest BCUT2D eigenvalue weighted by atomic mass is 9.85. The van der Waals surface area contributed by atoms with E-state index in [9.17, 15) is 5.11 Å². The summed E-state index contributed by atoms with van der Waals surface area (Å²) in [5.74, 6) is 2.05. The van der Waals surface area contributed by atoms with Crippen molar-refractivity contribution in [1.29, 1.82) is 0 Å². The molecule has 0 aliphatic carbocycles. The Morgan fingerprint density at radius 2 is 2.00 bits per heavy atom. The number of methoxy groups -OCH3 is 1. The molecule has 3 atom stereocenters. The summed E-state index contributed by atoms with van der Waals surface area (Å²) >= 11 is 0. The number of ether oxygens (including phenoxy) is 1. The van der Waals surface area contributed by atoms with Crippen molar-refractivity contribution in [2.75, 3.05) is 40.3 Å². The molecule has 184 valence electrons. The van der Waals surface area contributed by atoms with Crippen molar-refractivity contribution in [1.82, 2.24) is 25.3 Å². The highest BCUT2D eigenvalue weighted by Crippen LogP contribution is 2.35. The van der Waals surface area contributed by atoms with E-state index >= 15 is 0 Å². The van der Waals surface area contributed by atoms with E-state index in [1.54, 1.807) is 24.9 Å². The summed E-state index contributed by atoms with van der Waals surface area (Å²) < 4.78 is 7.02. The molecule has 1 aliphatic heterocycles. The molecule has 1 aliphatic rings. The Kier molecular flexibility index (Phi) is 10.4. The number of aliphatic imine (C=N–C) groups is 1. The minimum atomic E-state index is -1.08. The van der Waals surface area contributed by atoms with Crippen molar-refractivity contribution in [3.63, 3.8) is 0 Å². The van der Waals surface area contributed by atoms with Gasteiger partial charge in [-0.1, -0.05) is 12.1 Å². The van der Waals surface area contributed by atoms with Gasteiger partial charge in [-0.25, -0.2) is 4.99 Å². The van der Waals surface area contributed by atoms with Crippen LogP contribution in [0, 0.1) is 5.92 Å². The number of benzene rings is 1. The molecule has 3 unspecified atom stereocenters. The number of nitrogens with one attached hydrogen (secondary N) is 2. The van der Waals surface area contributed by atoms with Gasteiger partial charge in [0.2, 0.25) is 0 Å². The fourth-order valence-electron chi connectivity index (χ4n) is 4.39. The summed E-state index contributed by atoms with van der Waals surface area (Å²) in [5, 5.41) is 21.9. The van der Waals surface area contributed by atoms with Gasteiger partial charge in [-0.2, -0.15) is 5.10 Å². The van der Waals surface area contributed by atoms with E-state index in [4.69, 9.17) is 4.74 Å². The summed E-state index contributed by atoms with van der Waals surface area (Å²) in [5.41, 5.74) is 0.988. The molecule has 0 bridgehead atoms. The molecule has 2 aromatic rings. The van der Waals surface area contributed by atoms with Crippen LogP contribution in [0.15, 0.2) is 41.7 Å². The van der Waals surface area contributed by atoms with Crippen molar-refractivity contribution in [2.45, 2.75) is 38.3 Å². The van der Waals surface area contributed by atoms with Gasteiger partial charge in [0, 0.05) is 37.9 Å². The molecule has 1 aromatic carbocycles. The van der Waals surface area contributed by atoms with E-state index in [2.05, 4.69) is 44.8 Å². The Balaban J connectivity index is 0.00000385. The first-order chi connectivity index (χ1) is 15.3. The van der Waals surface area contributed by atoms with Crippen molar-refractivity contribution in [3.8, 4) is 5.75 Å². The van der Waals surface area contributed by atoms with Crippen molar-refractivity contribution in [3.05, 3.63) is 47.8 Å². The van der Waals surface area contributed by atoms with Crippen molar-refractivity contribution < 1.29 is 9.84 Å². The van der Waals surface area contributed by atoms with Gasteiger partial charge in [0.25, 0.3) is 0 Å². The average molecular weight is 571 g/mol. The summed E-state index contributed by atoms with van der Waals surface area (Å²) in [6.07, 6.45) is 5.85. The van der Waals surface area contributed by atoms with Crippen LogP contribution in [0.3, 0.4) is 0 Å². The van der Waals surface area contributed by atoms with Crippen LogP contribution in [0.25, 0.3) is 0 Å². The number of nitrogens with zero attached hydrogens (tertiary/aromatic N) is 4. The number of aromatic nitrogens is 2. The minimum absolute atomic E-state index is 0. The molecule has 3 N–H and O–H groups in total. The molecular formula is C24H39IN6O2. The van der Waals surface area contributed by atoms with Gasteiger partial charge < -0.3 is 20.5 Å². The monoisotopic (exact) mass is 570 g/mol. The number of piperidine rings is 1. The Bertz CT molecular complexity index is 883. The summed E-state index contributed by atoms with van der Waals surface area (Å²) in [7, 11) is 5.74. The van der Waals surface area contributed by atoms with E-state index in [0.717, 1.165) is 43.3 Å². The third-order valence-corrected chi connectivity index (χ3v) is 6.21. The molecule has 3 rings (SSSR count). The van der Waals surface area contributed by atoms with Crippen LogP contribution in [0.5, 0.6) is 5.75 Å². The fraction of sp³-hybridized carbons (Fsp3) is 0.583. The van der Waals surface area contributed by atoms with E-state index < -0.39 is 5.60 Å². The Labute approximate surface area is 214 Å². The third-order valence-electron chi connectivity index (χ3n) is 6.21. The largest absolute Gasteiger partial charge is 0.497 e. The van der Waals surface area contributed by atoms with E-state index in [0.29, 0.717) is 12.0 Å². The predicted molar refractivity (Wildman–Crippen MR) is 143 cm³/mol. The highest BCUT2D eigenvalue weighted by molar-refractivity contribution is 14.0. The fourth-order valence-corrected chi connectivity index (χ4v) is 4.39. The van der Waals surface area contributed by atoms with Crippen LogP contribution in [0.2, 0.25) is 0 Å². The quantitative estimate of drug-likeness (QED) is 0.257. The smallest absolute Gasteiger partial charge is 0.191 e. The van der Waals surface area contributed by atoms with Crippen LogP contribution in [0.1, 0.15) is 43.9 Å². The lowest BCUT2D eigenvalue weighted by Gasteiger charge is -2.40. The predicted octanol–water partition coefficient (Wildman–Crippen LogP) is 2.89. The molecule has 0 saturated carbocycles. The van der Waals surface area contributed by atoms with Crippen LogP contribution in [-0.4, -0.2) is 66.1 Å². The van der Waals surface area contributed by atoms with Gasteiger partial charge in [0.1, 0.15) is 11.4 Å². The molecule has 9 heteroatoms. The maximum Gasteiger partial charge on any atom is 0.191 e. The van der Waals surface area contributed by atoms with E-state index in [1.165, 1.54) is 12.0 Å². The topological polar surface area (TPSA) is 86.9 Å². The van der Waals surface area contributed by atoms with Gasteiger partial charge in [-0.15, -0.1) is 24.0 Å². The van der Waals surface area contributed by atoms with Gasteiger partial charge in [-0.05, 0) is 63.9 Å². The van der Waals surface area contributed by atoms with E-state index in [1.807, 2.05) is 32.3 Å². The second-order valence-electron chi connectivity index (χ2n) is 8.85. The molecule has 2 heterocycles. The SMILES string of the molecule is CCNC(=NCC(C)(O)c1cnn(C)c1)NCC1CCCN(C)C1c1ccc(OC)cc1.I. The summed E-state index contributed by atoms with van der Waals surface area (Å²) in [6.45, 7) is 6.73. The number of halogens is 1. The van der Waals surface area contributed by atoms with Gasteiger partial charge in [0.15, 0.2) is 5.96 Å². The number of hydrogen-bond acceptors (Lipinski definition) is 5. The first-order valence-corrected chi connectivity index (χ1v) is 11.4. The summed E-state index contributed by atoms with van der Waals surface area (Å²) in [6, 6.07) is 8.75. The lowest BCUT2D eigenvalue weighted by molar-refractivity contribution is 0.0671. The normalized spacial score (nSPS) is 21.1. The van der Waals surface area contributed by atoms with Crippen LogP contribution >= 0.6 is 24.0 Å². The maximum absolute atomic E-state index is 10.9. The second-order valence-corrected chi connectivity index (χ2v) is 8.85. The Morgan fingerprint density at radius 3 is 2.61 bits per heavy atom. The Hall–Kier alpha value is -1.85. The van der Waals surface area contributed by atoms with Gasteiger partial charge >= 0.3 is 0 Å². The average Bonchev–Trinajstić information content (AvgIpc) is 3.23. The number of rotatable bonds is 8. The second kappa shape index (κ2) is 12.6. The molecular weight excluding hydrogens is 531 g/mol. The molecule has 8 nitrogen and oxygen atoms in total. The van der Waals surface area contributed by atoms with Crippen LogP contribution < -0.4 is 15.4 Å². The number of aliphatic hydroxyl groups is 1. The van der Waals surface area contributed by atoms with Crippen LogP contribution in [-0.2, 0) is 12.6 Å². The first kappa shape index (κ1) is 27.4. The number of hydrogen-bond donors (Lipinski definition) is 3. The highest BCUT2D eigenvalue weighted by atomic mass is 127. The minimum Gasteiger partial charge on any atom is -0.497 e. The van der Waals surface area contributed by atoms with Gasteiger partial charge in [-0.3, -0.25) is 9.58 Å². The first-order valence-electron chi connectivity index (χ1n) is 11.4. The van der Waals surface area contributed by atoms with Crippen molar-refractivity contribution in [2.24, 2.45) is 18.0 Å². The standard InChI is InChI=1S/C24H38N6O2.HI/c1-6-25-23(27-17-24(2,31)20-15-28-30(4)16-20)26-14-19-8-7-13-29(3)22(19)18-9-11-21(32-5)12-10-18;/h9-12,15-16,19,22,31H,6-8,13-14,17H2,1-5H3,(H2,25,26,27);1H. The highest BCUT2D eigenvalue weighted by Gasteiger charge is 2.31. The zero-order valence-corrected chi connectivity index (χ0v) is 22.7. The molecule has 1 fully saturated rings. The molecule has 1 saturated heterocycles.